The number of halogens is 5. The molecule has 0 atom stereocenters. The van der Waals surface area contributed by atoms with Crippen molar-refractivity contribution >= 4 is 29.0 Å². The van der Waals surface area contributed by atoms with Crippen molar-refractivity contribution in [2.45, 2.75) is 25.9 Å². The quantitative estimate of drug-likeness (QED) is 0.713. The van der Waals surface area contributed by atoms with Crippen LogP contribution in [0.1, 0.15) is 24.0 Å². The highest BCUT2D eigenvalue weighted by atomic mass is 35.5. The van der Waals surface area contributed by atoms with Gasteiger partial charge in [0.2, 0.25) is 5.91 Å². The van der Waals surface area contributed by atoms with Gasteiger partial charge in [-0.1, -0.05) is 17.7 Å². The third kappa shape index (κ3) is 4.55. The van der Waals surface area contributed by atoms with Crippen LogP contribution in [0.4, 0.5) is 29.1 Å². The van der Waals surface area contributed by atoms with E-state index in [0.717, 1.165) is 17.8 Å². The molecule has 1 amide bonds. The number of nitrogens with one attached hydrogen (secondary N) is 1. The first-order valence-corrected chi connectivity index (χ1v) is 9.07. The summed E-state index contributed by atoms with van der Waals surface area (Å²) >= 11 is 5.98. The number of hydrogen-bond donors (Lipinski definition) is 1. The number of alkyl halides is 3. The third-order valence-corrected chi connectivity index (χ3v) is 4.97. The zero-order chi connectivity index (χ0) is 20.5. The Morgan fingerprint density at radius 2 is 1.93 bits per heavy atom. The summed E-state index contributed by atoms with van der Waals surface area (Å²) in [5.41, 5.74) is -0.0224. The molecule has 1 saturated heterocycles. The van der Waals surface area contributed by atoms with Crippen LogP contribution in [-0.2, 0) is 11.0 Å². The fourth-order valence-corrected chi connectivity index (χ4v) is 3.41. The Morgan fingerprint density at radius 1 is 1.25 bits per heavy atom. The molecule has 0 unspecified atom stereocenters. The largest absolute Gasteiger partial charge is 0.417 e. The number of rotatable bonds is 3. The van der Waals surface area contributed by atoms with E-state index < -0.39 is 17.6 Å². The smallest absolute Gasteiger partial charge is 0.355 e. The van der Waals surface area contributed by atoms with Crippen LogP contribution in [0.5, 0.6) is 0 Å². The van der Waals surface area contributed by atoms with E-state index >= 15 is 0 Å². The number of carbonyl (C=O) groups is 1. The SMILES string of the molecule is Cc1ccc(NC(=O)C2CCN(c3ncc(C(F)(F)F)cc3Cl)CC2)c(F)c1. The van der Waals surface area contributed by atoms with E-state index in [1.807, 2.05) is 0 Å². The molecule has 1 N–H and O–H groups in total. The number of hydrogen-bond acceptors (Lipinski definition) is 3. The van der Waals surface area contributed by atoms with Crippen molar-refractivity contribution in [3.05, 3.63) is 52.4 Å². The van der Waals surface area contributed by atoms with E-state index in [1.165, 1.54) is 12.1 Å². The Morgan fingerprint density at radius 3 is 2.50 bits per heavy atom. The first kappa shape index (κ1) is 20.4. The monoisotopic (exact) mass is 415 g/mol. The van der Waals surface area contributed by atoms with Crippen LogP contribution in [-0.4, -0.2) is 24.0 Å². The number of anilines is 2. The van der Waals surface area contributed by atoms with Crippen molar-refractivity contribution in [3.8, 4) is 0 Å². The van der Waals surface area contributed by atoms with Crippen LogP contribution in [0.3, 0.4) is 0 Å². The summed E-state index contributed by atoms with van der Waals surface area (Å²) in [5.74, 6) is -0.844. The van der Waals surface area contributed by atoms with Crippen molar-refractivity contribution in [1.82, 2.24) is 4.98 Å². The number of nitrogens with zero attached hydrogens (tertiary/aromatic N) is 2. The van der Waals surface area contributed by atoms with Gasteiger partial charge in [-0.3, -0.25) is 4.79 Å². The lowest BCUT2D eigenvalue weighted by atomic mass is 9.95. The van der Waals surface area contributed by atoms with Gasteiger partial charge < -0.3 is 10.2 Å². The van der Waals surface area contributed by atoms with Crippen LogP contribution in [0.25, 0.3) is 0 Å². The molecule has 1 aliphatic heterocycles. The topological polar surface area (TPSA) is 45.2 Å². The maximum Gasteiger partial charge on any atom is 0.417 e. The lowest BCUT2D eigenvalue weighted by molar-refractivity contribution is -0.137. The molecule has 0 saturated carbocycles. The summed E-state index contributed by atoms with van der Waals surface area (Å²) < 4.78 is 52.1. The zero-order valence-corrected chi connectivity index (χ0v) is 15.7. The van der Waals surface area contributed by atoms with Crippen molar-refractivity contribution < 1.29 is 22.4 Å². The van der Waals surface area contributed by atoms with Gasteiger partial charge in [0.05, 0.1) is 16.3 Å². The normalized spacial score (nSPS) is 15.6. The van der Waals surface area contributed by atoms with E-state index in [1.54, 1.807) is 17.9 Å². The highest BCUT2D eigenvalue weighted by Crippen LogP contribution is 2.34. The van der Waals surface area contributed by atoms with E-state index in [-0.39, 0.29) is 28.4 Å². The Labute approximate surface area is 164 Å². The van der Waals surface area contributed by atoms with E-state index in [4.69, 9.17) is 11.6 Å². The molecular formula is C19H18ClF4N3O. The zero-order valence-electron chi connectivity index (χ0n) is 15.0. The Balaban J connectivity index is 1.62. The van der Waals surface area contributed by atoms with Gasteiger partial charge in [-0.2, -0.15) is 13.2 Å². The van der Waals surface area contributed by atoms with Gasteiger partial charge >= 0.3 is 6.18 Å². The molecule has 9 heteroatoms. The molecule has 1 aromatic carbocycles. The Hall–Kier alpha value is -2.35. The molecule has 0 aliphatic carbocycles. The summed E-state index contributed by atoms with van der Waals surface area (Å²) in [6, 6.07) is 5.42. The van der Waals surface area contributed by atoms with E-state index in [9.17, 15) is 22.4 Å². The number of amides is 1. The third-order valence-electron chi connectivity index (χ3n) is 4.70. The van der Waals surface area contributed by atoms with Crippen molar-refractivity contribution in [2.24, 2.45) is 5.92 Å². The number of aryl methyl sites for hydroxylation is 1. The first-order chi connectivity index (χ1) is 13.1. The molecule has 4 nitrogen and oxygen atoms in total. The highest BCUT2D eigenvalue weighted by Gasteiger charge is 2.33. The molecular weight excluding hydrogens is 398 g/mol. The van der Waals surface area contributed by atoms with Gasteiger partial charge in [0.1, 0.15) is 11.6 Å². The fourth-order valence-electron chi connectivity index (χ4n) is 3.13. The minimum absolute atomic E-state index is 0.0838. The second-order valence-corrected chi connectivity index (χ2v) is 7.17. The van der Waals surface area contributed by atoms with Gasteiger partial charge in [0, 0.05) is 25.2 Å². The van der Waals surface area contributed by atoms with Gasteiger partial charge in [-0.15, -0.1) is 0 Å². The maximum atomic E-state index is 13.9. The molecule has 2 aromatic rings. The summed E-state index contributed by atoms with van der Waals surface area (Å²) in [7, 11) is 0. The molecule has 2 heterocycles. The molecule has 3 rings (SSSR count). The maximum absolute atomic E-state index is 13.9. The average Bonchev–Trinajstić information content (AvgIpc) is 2.63. The molecule has 28 heavy (non-hydrogen) atoms. The van der Waals surface area contributed by atoms with Crippen molar-refractivity contribution in [1.29, 1.82) is 0 Å². The van der Waals surface area contributed by atoms with Gasteiger partial charge in [0.15, 0.2) is 0 Å². The number of piperidine rings is 1. The van der Waals surface area contributed by atoms with Crippen molar-refractivity contribution in [2.75, 3.05) is 23.3 Å². The lowest BCUT2D eigenvalue weighted by Gasteiger charge is -2.32. The second-order valence-electron chi connectivity index (χ2n) is 6.76. The summed E-state index contributed by atoms with van der Waals surface area (Å²) in [6.07, 6.45) is -2.84. The van der Waals surface area contributed by atoms with Gasteiger partial charge in [0.25, 0.3) is 0 Å². The number of aromatic nitrogens is 1. The summed E-state index contributed by atoms with van der Waals surface area (Å²) in [5, 5.41) is 2.51. The standard InChI is InChI=1S/C19H18ClF4N3O/c1-11-2-3-16(15(21)8-11)26-18(28)12-4-6-27(7-5-12)17-14(20)9-13(10-25-17)19(22,23)24/h2-3,8-10,12H,4-7H2,1H3,(H,26,28). The Bertz CT molecular complexity index is 880. The van der Waals surface area contributed by atoms with Crippen LogP contribution < -0.4 is 10.2 Å². The minimum atomic E-state index is -4.51. The van der Waals surface area contributed by atoms with Gasteiger partial charge in [-0.25, -0.2) is 9.37 Å². The van der Waals surface area contributed by atoms with E-state index in [0.29, 0.717) is 25.9 Å². The first-order valence-electron chi connectivity index (χ1n) is 8.70. The molecule has 1 aliphatic rings. The summed E-state index contributed by atoms with van der Waals surface area (Å²) in [6.45, 7) is 2.57. The molecule has 0 radical (unpaired) electrons. The van der Waals surface area contributed by atoms with E-state index in [2.05, 4.69) is 10.3 Å². The van der Waals surface area contributed by atoms with Crippen LogP contribution >= 0.6 is 11.6 Å². The average molecular weight is 416 g/mol. The fraction of sp³-hybridized carbons (Fsp3) is 0.368. The molecule has 1 fully saturated rings. The summed E-state index contributed by atoms with van der Waals surface area (Å²) in [4.78, 5) is 18.0. The predicted octanol–water partition coefficient (Wildman–Crippen LogP) is 5.06. The predicted molar refractivity (Wildman–Crippen MR) is 99.0 cm³/mol. The lowest BCUT2D eigenvalue weighted by Crippen LogP contribution is -2.38. The second kappa shape index (κ2) is 7.95. The molecule has 0 bridgehead atoms. The molecule has 1 aromatic heterocycles. The number of pyridine rings is 1. The van der Waals surface area contributed by atoms with Crippen LogP contribution in [0.15, 0.2) is 30.5 Å². The Kier molecular flexibility index (Phi) is 5.79. The van der Waals surface area contributed by atoms with Crippen molar-refractivity contribution in [3.63, 3.8) is 0 Å². The van der Waals surface area contributed by atoms with Gasteiger partial charge in [-0.05, 0) is 43.5 Å². The minimum Gasteiger partial charge on any atom is -0.355 e. The van der Waals surface area contributed by atoms with Crippen LogP contribution in [0, 0.1) is 18.7 Å². The highest BCUT2D eigenvalue weighted by molar-refractivity contribution is 6.33. The van der Waals surface area contributed by atoms with Crippen LogP contribution in [0.2, 0.25) is 5.02 Å². The number of carbonyl (C=O) groups excluding carboxylic acids is 1. The molecule has 0 spiro atoms. The molecule has 150 valence electrons. The number of benzene rings is 1.